The van der Waals surface area contributed by atoms with E-state index in [9.17, 15) is 5.11 Å². The molecule has 0 amide bonds. The standard InChI is InChI=1S/C15H16NO3.C7H7O.Np/c1-18-13-5-3-4-12(9-13)16-15-7-6-14(19-2)8-11(15)10-17;1-8-7-5-3-2-4-6-7;/h3,5-9,16-17H,10H2,1-2H3;2-3,5-6H,1H3;/q2*-1;. The van der Waals surface area contributed by atoms with Crippen molar-refractivity contribution in [3.63, 3.8) is 0 Å². The summed E-state index contributed by atoms with van der Waals surface area (Å²) in [5.74, 6) is 2.32. The summed E-state index contributed by atoms with van der Waals surface area (Å²) in [4.78, 5) is 0. The molecule has 0 aromatic heterocycles. The third kappa shape index (κ3) is 7.45. The minimum Gasteiger partial charge on any atom is -0.554 e. The molecule has 0 heterocycles. The van der Waals surface area contributed by atoms with E-state index < -0.39 is 0 Å². The average Bonchev–Trinajstić information content (AvgIpc) is 2.75. The van der Waals surface area contributed by atoms with Gasteiger partial charge in [-0.3, -0.25) is 0 Å². The molecule has 0 unspecified atom stereocenters. The Balaban J connectivity index is 0.000000367. The van der Waals surface area contributed by atoms with Gasteiger partial charge in [0, 0.05) is 52.7 Å². The van der Waals surface area contributed by atoms with Gasteiger partial charge in [0.15, 0.2) is 0 Å². The van der Waals surface area contributed by atoms with Crippen LogP contribution in [0.15, 0.2) is 60.7 Å². The first-order chi connectivity index (χ1) is 13.2. The third-order valence-electron chi connectivity index (χ3n) is 3.68. The Morgan fingerprint density at radius 2 is 1.61 bits per heavy atom. The van der Waals surface area contributed by atoms with Crippen LogP contribution in [0.5, 0.6) is 17.2 Å². The number of ether oxygens (including phenoxy) is 3. The van der Waals surface area contributed by atoms with E-state index >= 15 is 0 Å². The van der Waals surface area contributed by atoms with E-state index in [1.807, 2.05) is 42.5 Å². The van der Waals surface area contributed by atoms with Crippen LogP contribution >= 0.6 is 0 Å². The second-order valence-electron chi connectivity index (χ2n) is 5.39. The van der Waals surface area contributed by atoms with Gasteiger partial charge in [-0.05, 0) is 18.2 Å². The summed E-state index contributed by atoms with van der Waals surface area (Å²) in [5.41, 5.74) is 2.35. The monoisotopic (exact) mass is 601 g/mol. The molecule has 1 radical (unpaired) electrons. The van der Waals surface area contributed by atoms with Crippen LogP contribution in [0.3, 0.4) is 0 Å². The minimum atomic E-state index is -0.0660. The first kappa shape index (κ1) is 23.9. The molecule has 0 aliphatic heterocycles. The van der Waals surface area contributed by atoms with Crippen molar-refractivity contribution >= 4 is 11.4 Å². The van der Waals surface area contributed by atoms with Crippen molar-refractivity contribution in [3.05, 3.63) is 78.4 Å². The Labute approximate surface area is 188 Å². The van der Waals surface area contributed by atoms with Crippen molar-refractivity contribution < 1.29 is 49.3 Å². The van der Waals surface area contributed by atoms with Gasteiger partial charge in [0.25, 0.3) is 0 Å². The molecular weight excluding hydrogens is 579 g/mol. The first-order valence-corrected chi connectivity index (χ1v) is 8.30. The van der Waals surface area contributed by atoms with Crippen LogP contribution in [0.4, 0.5) is 11.4 Å². The predicted molar refractivity (Wildman–Crippen MR) is 106 cm³/mol. The number of nitrogens with one attached hydrogen (secondary N) is 1. The molecule has 3 rings (SSSR count). The molecule has 0 aliphatic rings. The van der Waals surface area contributed by atoms with Gasteiger partial charge >= 0.3 is 0 Å². The molecule has 0 fully saturated rings. The molecule has 147 valence electrons. The van der Waals surface area contributed by atoms with Gasteiger partial charge in [-0.15, -0.1) is 24.3 Å². The quantitative estimate of drug-likeness (QED) is 0.414. The third-order valence-corrected chi connectivity index (χ3v) is 3.68. The summed E-state index contributed by atoms with van der Waals surface area (Å²) in [5, 5.41) is 12.6. The zero-order valence-corrected chi connectivity index (χ0v) is 19.8. The molecule has 6 heteroatoms. The second-order valence-corrected chi connectivity index (χ2v) is 5.39. The summed E-state index contributed by atoms with van der Waals surface area (Å²) in [6, 6.07) is 24.3. The molecule has 3 aromatic rings. The Bertz CT molecular complexity index is 828. The normalized spacial score (nSPS) is 9.29. The van der Waals surface area contributed by atoms with Crippen molar-refractivity contribution in [1.82, 2.24) is 0 Å². The maximum Gasteiger partial charge on any atom is 0.119 e. The van der Waals surface area contributed by atoms with Crippen molar-refractivity contribution in [2.75, 3.05) is 26.6 Å². The van der Waals surface area contributed by atoms with E-state index in [1.165, 1.54) is 0 Å². The fourth-order valence-corrected chi connectivity index (χ4v) is 2.24. The maximum absolute atomic E-state index is 9.39. The summed E-state index contributed by atoms with van der Waals surface area (Å²) in [6.45, 7) is -0.0660. The maximum atomic E-state index is 9.39. The number of aliphatic hydroxyl groups is 1. The second kappa shape index (κ2) is 13.1. The number of methoxy groups -OCH3 is 3. The molecule has 0 spiro atoms. The van der Waals surface area contributed by atoms with Crippen molar-refractivity contribution in [2.24, 2.45) is 0 Å². The van der Waals surface area contributed by atoms with Crippen LogP contribution < -0.4 is 19.5 Å². The van der Waals surface area contributed by atoms with Gasteiger partial charge in [0.2, 0.25) is 0 Å². The molecule has 0 bridgehead atoms. The molecule has 5 nitrogen and oxygen atoms in total. The van der Waals surface area contributed by atoms with Gasteiger partial charge in [0.1, 0.15) is 5.75 Å². The molecule has 28 heavy (non-hydrogen) atoms. The molecule has 0 atom stereocenters. The van der Waals surface area contributed by atoms with Crippen LogP contribution in [-0.4, -0.2) is 26.4 Å². The van der Waals surface area contributed by atoms with E-state index in [-0.39, 0.29) is 36.5 Å². The first-order valence-electron chi connectivity index (χ1n) is 8.30. The van der Waals surface area contributed by atoms with Crippen LogP contribution in [0.1, 0.15) is 5.56 Å². The Morgan fingerprint density at radius 3 is 2.18 bits per heavy atom. The number of aliphatic hydroxyl groups excluding tert-OH is 1. The zero-order valence-electron chi connectivity index (χ0n) is 16.1. The topological polar surface area (TPSA) is 60.0 Å². The Morgan fingerprint density at radius 1 is 0.893 bits per heavy atom. The van der Waals surface area contributed by atoms with Crippen LogP contribution in [0.2, 0.25) is 0 Å². The molecule has 0 aliphatic carbocycles. The summed E-state index contributed by atoms with van der Waals surface area (Å²) >= 11 is 0. The van der Waals surface area contributed by atoms with Gasteiger partial charge in [-0.1, -0.05) is 5.69 Å². The molecular formula is C22H23NNpO4-2. The van der Waals surface area contributed by atoms with E-state index in [0.29, 0.717) is 5.75 Å². The van der Waals surface area contributed by atoms with Gasteiger partial charge < -0.3 is 24.6 Å². The smallest absolute Gasteiger partial charge is 0.119 e. The minimum absolute atomic E-state index is 0. The number of anilines is 2. The fourth-order valence-electron chi connectivity index (χ4n) is 2.24. The number of hydrogen-bond acceptors (Lipinski definition) is 5. The van der Waals surface area contributed by atoms with Gasteiger partial charge in [0.05, 0.1) is 27.9 Å². The summed E-state index contributed by atoms with van der Waals surface area (Å²) in [6.07, 6.45) is 0. The fraction of sp³-hybridized carbons (Fsp3) is 0.182. The van der Waals surface area contributed by atoms with Crippen LogP contribution in [0, 0.1) is 42.1 Å². The SMILES string of the molecule is COc1c[c-]ccc1.COc1cc[c-]c(Nc2ccc(OC)cc2CO)c1.[Np]. The van der Waals surface area contributed by atoms with E-state index in [0.717, 1.165) is 28.4 Å². The zero-order chi connectivity index (χ0) is 19.5. The molecule has 0 saturated carbocycles. The molecule has 2 N–H and O–H groups in total. The largest absolute Gasteiger partial charge is 0.554 e. The number of hydrogen-bond donors (Lipinski definition) is 2. The van der Waals surface area contributed by atoms with E-state index in [2.05, 4.69) is 17.4 Å². The van der Waals surface area contributed by atoms with Crippen molar-refractivity contribution in [2.45, 2.75) is 6.61 Å². The Hall–Kier alpha value is -2.17. The van der Waals surface area contributed by atoms with E-state index in [4.69, 9.17) is 14.2 Å². The summed E-state index contributed by atoms with van der Waals surface area (Å²) in [7, 11) is 4.86. The van der Waals surface area contributed by atoms with Crippen molar-refractivity contribution in [1.29, 1.82) is 0 Å². The number of rotatable bonds is 6. The van der Waals surface area contributed by atoms with Gasteiger partial charge in [-0.2, -0.15) is 30.3 Å². The van der Waals surface area contributed by atoms with Crippen molar-refractivity contribution in [3.8, 4) is 17.2 Å². The van der Waals surface area contributed by atoms with Gasteiger partial charge in [-0.25, -0.2) is 0 Å². The van der Waals surface area contributed by atoms with Crippen LogP contribution in [0.25, 0.3) is 0 Å². The predicted octanol–water partition coefficient (Wildman–Crippen LogP) is 4.24. The number of benzene rings is 3. The molecule has 0 saturated heterocycles. The Kier molecular flexibility index (Phi) is 11.2. The average molecular weight is 602 g/mol. The van der Waals surface area contributed by atoms with Crippen LogP contribution in [-0.2, 0) is 6.61 Å². The van der Waals surface area contributed by atoms with E-state index in [1.54, 1.807) is 39.5 Å². The summed E-state index contributed by atoms with van der Waals surface area (Å²) < 4.78 is 15.2. The molecule has 3 aromatic carbocycles.